The molecule has 1 aliphatic rings. The molecular weight excluding hydrogens is 238 g/mol. The summed E-state index contributed by atoms with van der Waals surface area (Å²) in [6, 6.07) is 10.0. The fraction of sp³-hybridized carbons (Fsp3) is 0.250. The molecule has 1 N–H and O–H groups in total. The topological polar surface area (TPSA) is 32.7 Å². The second-order valence-corrected chi connectivity index (χ2v) is 4.60. The van der Waals surface area contributed by atoms with Gasteiger partial charge in [0.25, 0.3) is 0 Å². The number of benzene rings is 1. The third kappa shape index (κ3) is 2.48. The van der Waals surface area contributed by atoms with E-state index in [-0.39, 0.29) is 0 Å². The normalized spacial score (nSPS) is 17.6. The van der Waals surface area contributed by atoms with Crippen LogP contribution in [0.4, 0.5) is 0 Å². The van der Waals surface area contributed by atoms with Crippen LogP contribution in [0.2, 0.25) is 0 Å². The zero-order valence-corrected chi connectivity index (χ0v) is 11.6. The number of allylic oxidation sites excluding steroid dienone is 2. The zero-order valence-electron chi connectivity index (χ0n) is 11.6. The second kappa shape index (κ2) is 5.43. The molecule has 0 aliphatic carbocycles. The van der Waals surface area contributed by atoms with Crippen molar-refractivity contribution in [1.82, 2.24) is 5.06 Å². The summed E-state index contributed by atoms with van der Waals surface area (Å²) >= 11 is 0. The Morgan fingerprint density at radius 3 is 2.42 bits per heavy atom. The summed E-state index contributed by atoms with van der Waals surface area (Å²) in [7, 11) is 1.60. The van der Waals surface area contributed by atoms with Gasteiger partial charge < -0.3 is 5.11 Å². The molecule has 1 heterocycles. The van der Waals surface area contributed by atoms with Crippen molar-refractivity contribution in [2.24, 2.45) is 0 Å². The van der Waals surface area contributed by atoms with Crippen molar-refractivity contribution in [3.63, 3.8) is 0 Å². The fourth-order valence-corrected chi connectivity index (χ4v) is 2.30. The number of rotatable bonds is 3. The van der Waals surface area contributed by atoms with Crippen molar-refractivity contribution in [1.29, 1.82) is 0 Å². The predicted octanol–water partition coefficient (Wildman–Crippen LogP) is 3.12. The van der Waals surface area contributed by atoms with Crippen LogP contribution in [0.3, 0.4) is 0 Å². The number of aliphatic hydroxyl groups excluding tert-OH is 1. The standard InChI is InChI=1S/C16H19NO2/c1-11-10-15(13(3)18)12(2)17(19-4)16(11)14-8-6-5-7-9-14/h5-10,13,18H,2H2,1,3-4H3. The molecule has 2 rings (SSSR count). The number of hydrogen-bond acceptors (Lipinski definition) is 3. The first-order valence-corrected chi connectivity index (χ1v) is 6.25. The Labute approximate surface area is 114 Å². The summed E-state index contributed by atoms with van der Waals surface area (Å²) in [5.74, 6) is 0. The van der Waals surface area contributed by atoms with Gasteiger partial charge in [-0.2, -0.15) is 0 Å². The van der Waals surface area contributed by atoms with Gasteiger partial charge in [-0.15, -0.1) is 0 Å². The van der Waals surface area contributed by atoms with E-state index in [1.807, 2.05) is 43.3 Å². The maximum atomic E-state index is 9.80. The van der Waals surface area contributed by atoms with Crippen LogP contribution in [0.5, 0.6) is 0 Å². The minimum absolute atomic E-state index is 0.572. The van der Waals surface area contributed by atoms with Crippen LogP contribution in [0.15, 0.2) is 59.8 Å². The number of hydrogen-bond donors (Lipinski definition) is 1. The monoisotopic (exact) mass is 257 g/mol. The Morgan fingerprint density at radius 1 is 1.26 bits per heavy atom. The maximum absolute atomic E-state index is 9.80. The maximum Gasteiger partial charge on any atom is 0.0796 e. The molecule has 1 unspecified atom stereocenters. The van der Waals surface area contributed by atoms with Crippen LogP contribution in [0, 0.1) is 0 Å². The minimum atomic E-state index is -0.572. The lowest BCUT2D eigenvalue weighted by Gasteiger charge is -2.33. The summed E-state index contributed by atoms with van der Waals surface area (Å²) in [6.07, 6.45) is 1.39. The molecule has 0 saturated carbocycles. The van der Waals surface area contributed by atoms with E-state index >= 15 is 0 Å². The van der Waals surface area contributed by atoms with E-state index in [0.29, 0.717) is 5.70 Å². The third-order valence-corrected chi connectivity index (χ3v) is 3.21. The predicted molar refractivity (Wildman–Crippen MR) is 76.8 cm³/mol. The lowest BCUT2D eigenvalue weighted by molar-refractivity contribution is -0.0452. The molecule has 0 radical (unpaired) electrons. The van der Waals surface area contributed by atoms with E-state index in [9.17, 15) is 5.11 Å². The number of hydroxylamine groups is 2. The second-order valence-electron chi connectivity index (χ2n) is 4.60. The van der Waals surface area contributed by atoms with Gasteiger partial charge >= 0.3 is 0 Å². The van der Waals surface area contributed by atoms with Crippen LogP contribution >= 0.6 is 0 Å². The average Bonchev–Trinajstić information content (AvgIpc) is 2.41. The van der Waals surface area contributed by atoms with Crippen LogP contribution in [0.25, 0.3) is 5.70 Å². The van der Waals surface area contributed by atoms with E-state index in [4.69, 9.17) is 4.84 Å². The van der Waals surface area contributed by atoms with Gasteiger partial charge in [0.05, 0.1) is 24.6 Å². The minimum Gasteiger partial charge on any atom is -0.389 e. The first-order chi connectivity index (χ1) is 9.06. The van der Waals surface area contributed by atoms with Crippen LogP contribution in [0.1, 0.15) is 19.4 Å². The summed E-state index contributed by atoms with van der Waals surface area (Å²) in [5, 5.41) is 11.5. The van der Waals surface area contributed by atoms with Gasteiger partial charge in [0.2, 0.25) is 0 Å². The van der Waals surface area contributed by atoms with E-state index in [0.717, 1.165) is 22.4 Å². The molecule has 1 aliphatic heterocycles. The fourth-order valence-electron chi connectivity index (χ4n) is 2.30. The van der Waals surface area contributed by atoms with Gasteiger partial charge in [0, 0.05) is 11.1 Å². The lowest BCUT2D eigenvalue weighted by Crippen LogP contribution is -2.27. The van der Waals surface area contributed by atoms with Crippen molar-refractivity contribution in [3.8, 4) is 0 Å². The molecule has 3 heteroatoms. The first kappa shape index (κ1) is 13.6. The van der Waals surface area contributed by atoms with Gasteiger partial charge in [0.1, 0.15) is 0 Å². The highest BCUT2D eigenvalue weighted by atomic mass is 16.7. The highest BCUT2D eigenvalue weighted by Gasteiger charge is 2.26. The molecule has 0 saturated heterocycles. The Hall–Kier alpha value is -1.84. The Morgan fingerprint density at radius 2 is 1.89 bits per heavy atom. The van der Waals surface area contributed by atoms with E-state index < -0.39 is 6.10 Å². The van der Waals surface area contributed by atoms with Gasteiger partial charge in [0.15, 0.2) is 0 Å². The van der Waals surface area contributed by atoms with Crippen molar-refractivity contribution >= 4 is 5.70 Å². The molecule has 19 heavy (non-hydrogen) atoms. The molecule has 0 spiro atoms. The molecule has 0 bridgehead atoms. The molecule has 0 amide bonds. The van der Waals surface area contributed by atoms with Gasteiger partial charge in [-0.25, -0.2) is 5.06 Å². The van der Waals surface area contributed by atoms with Crippen LogP contribution in [-0.4, -0.2) is 23.4 Å². The summed E-state index contributed by atoms with van der Waals surface area (Å²) in [4.78, 5) is 5.45. The summed E-state index contributed by atoms with van der Waals surface area (Å²) in [5.41, 5.74) is 4.50. The average molecular weight is 257 g/mol. The van der Waals surface area contributed by atoms with Crippen molar-refractivity contribution in [2.45, 2.75) is 20.0 Å². The number of aliphatic hydroxyl groups is 1. The van der Waals surface area contributed by atoms with Crippen LogP contribution in [-0.2, 0) is 4.84 Å². The summed E-state index contributed by atoms with van der Waals surface area (Å²) < 4.78 is 0. The van der Waals surface area contributed by atoms with Crippen molar-refractivity contribution in [2.75, 3.05) is 7.11 Å². The molecule has 1 atom stereocenters. The molecular formula is C16H19NO2. The van der Waals surface area contributed by atoms with E-state index in [1.165, 1.54) is 0 Å². The van der Waals surface area contributed by atoms with Gasteiger partial charge in [-0.3, -0.25) is 4.84 Å². The molecule has 1 aromatic rings. The molecule has 1 aromatic carbocycles. The Kier molecular flexibility index (Phi) is 3.88. The molecule has 0 fully saturated rings. The third-order valence-electron chi connectivity index (χ3n) is 3.21. The summed E-state index contributed by atoms with van der Waals surface area (Å²) in [6.45, 7) is 7.75. The Balaban J connectivity index is 2.56. The van der Waals surface area contributed by atoms with Crippen LogP contribution < -0.4 is 0 Å². The van der Waals surface area contributed by atoms with Crippen molar-refractivity contribution in [3.05, 3.63) is 65.4 Å². The quantitative estimate of drug-likeness (QED) is 0.903. The SMILES string of the molecule is C=C1C(C(C)O)=CC(C)=C(c2ccccc2)N1OC. The van der Waals surface area contributed by atoms with E-state index in [2.05, 4.69) is 6.58 Å². The largest absolute Gasteiger partial charge is 0.389 e. The number of nitrogens with zero attached hydrogens (tertiary/aromatic N) is 1. The van der Waals surface area contributed by atoms with Crippen molar-refractivity contribution < 1.29 is 9.94 Å². The lowest BCUT2D eigenvalue weighted by atomic mass is 9.96. The Bertz CT molecular complexity index is 541. The smallest absolute Gasteiger partial charge is 0.0796 e. The molecule has 0 aromatic heterocycles. The molecule has 100 valence electrons. The van der Waals surface area contributed by atoms with E-state index in [1.54, 1.807) is 19.1 Å². The van der Waals surface area contributed by atoms with Gasteiger partial charge in [-0.1, -0.05) is 36.9 Å². The highest BCUT2D eigenvalue weighted by molar-refractivity contribution is 5.73. The van der Waals surface area contributed by atoms with Gasteiger partial charge in [-0.05, 0) is 25.5 Å². The zero-order chi connectivity index (χ0) is 14.0. The molecule has 3 nitrogen and oxygen atoms in total. The first-order valence-electron chi connectivity index (χ1n) is 6.25. The highest BCUT2D eigenvalue weighted by Crippen LogP contribution is 2.35.